The zero-order valence-corrected chi connectivity index (χ0v) is 12.2. The molecule has 6 heteroatoms. The third kappa shape index (κ3) is 5.46. The lowest BCUT2D eigenvalue weighted by molar-refractivity contribution is -0.120. The molecule has 2 N–H and O–H groups in total. The molecule has 1 saturated heterocycles. The number of hydrogen-bond acceptors (Lipinski definition) is 3. The maximum Gasteiger partial charge on any atom is 0.319 e. The van der Waals surface area contributed by atoms with Crippen molar-refractivity contribution in [3.8, 4) is 0 Å². The molecule has 1 aliphatic heterocycles. The summed E-state index contributed by atoms with van der Waals surface area (Å²) in [5.74, 6) is 0.0497. The van der Waals surface area contributed by atoms with Gasteiger partial charge in [-0.25, -0.2) is 4.79 Å². The number of carbonyl (C=O) groups excluding carboxylic acids is 2. The van der Waals surface area contributed by atoms with E-state index in [1.165, 1.54) is 0 Å². The highest BCUT2D eigenvalue weighted by Crippen LogP contribution is 2.11. The van der Waals surface area contributed by atoms with Crippen LogP contribution in [0.4, 0.5) is 4.79 Å². The average Bonchev–Trinajstić information content (AvgIpc) is 2.42. The van der Waals surface area contributed by atoms with Gasteiger partial charge in [0, 0.05) is 39.8 Å². The van der Waals surface area contributed by atoms with Gasteiger partial charge in [0.05, 0.1) is 6.54 Å². The molecule has 19 heavy (non-hydrogen) atoms. The Morgan fingerprint density at radius 2 is 1.89 bits per heavy atom. The fourth-order valence-electron chi connectivity index (χ4n) is 2.12. The van der Waals surface area contributed by atoms with E-state index in [4.69, 9.17) is 0 Å². The summed E-state index contributed by atoms with van der Waals surface area (Å²) in [6.07, 6.45) is 2.76. The Labute approximate surface area is 115 Å². The standard InChI is InChI=1S/C13H26N4O2/c1-4-7-14-12(18)10-15-11-5-8-17(9-6-11)13(19)16(2)3/h11,15H,4-10H2,1-3H3,(H,14,18). The Bertz CT molecular complexity index is 299. The fourth-order valence-corrected chi connectivity index (χ4v) is 2.12. The van der Waals surface area contributed by atoms with Gasteiger partial charge in [-0.05, 0) is 19.3 Å². The first-order chi connectivity index (χ1) is 9.04. The number of rotatable bonds is 5. The van der Waals surface area contributed by atoms with Crippen molar-refractivity contribution < 1.29 is 9.59 Å². The molecule has 0 aliphatic carbocycles. The average molecular weight is 270 g/mol. The number of likely N-dealkylation sites (tertiary alicyclic amines) is 1. The van der Waals surface area contributed by atoms with E-state index < -0.39 is 0 Å². The van der Waals surface area contributed by atoms with Gasteiger partial charge in [0.25, 0.3) is 0 Å². The van der Waals surface area contributed by atoms with Crippen LogP contribution in [0.2, 0.25) is 0 Å². The zero-order chi connectivity index (χ0) is 14.3. The van der Waals surface area contributed by atoms with E-state index in [9.17, 15) is 9.59 Å². The normalized spacial score (nSPS) is 16.3. The summed E-state index contributed by atoms with van der Waals surface area (Å²) in [5.41, 5.74) is 0. The molecule has 1 rings (SSSR count). The molecule has 0 bridgehead atoms. The number of hydrogen-bond donors (Lipinski definition) is 2. The van der Waals surface area contributed by atoms with Gasteiger partial charge in [0.15, 0.2) is 0 Å². The van der Waals surface area contributed by atoms with E-state index in [0.717, 1.165) is 38.9 Å². The van der Waals surface area contributed by atoms with Crippen molar-refractivity contribution in [2.45, 2.75) is 32.2 Å². The van der Waals surface area contributed by atoms with E-state index in [2.05, 4.69) is 10.6 Å². The largest absolute Gasteiger partial charge is 0.355 e. The van der Waals surface area contributed by atoms with E-state index in [0.29, 0.717) is 12.6 Å². The first-order valence-corrected chi connectivity index (χ1v) is 7.01. The summed E-state index contributed by atoms with van der Waals surface area (Å²) in [6, 6.07) is 0.401. The van der Waals surface area contributed by atoms with Crippen LogP contribution in [0.1, 0.15) is 26.2 Å². The monoisotopic (exact) mass is 270 g/mol. The molecule has 1 aliphatic rings. The predicted octanol–water partition coefficient (Wildman–Crippen LogP) is 0.248. The third-order valence-corrected chi connectivity index (χ3v) is 3.27. The Morgan fingerprint density at radius 1 is 1.26 bits per heavy atom. The number of amides is 3. The summed E-state index contributed by atoms with van der Waals surface area (Å²) in [5, 5.41) is 6.10. The molecule has 3 amide bonds. The van der Waals surface area contributed by atoms with Crippen LogP contribution in [0.25, 0.3) is 0 Å². The van der Waals surface area contributed by atoms with Crippen LogP contribution < -0.4 is 10.6 Å². The quantitative estimate of drug-likeness (QED) is 0.752. The van der Waals surface area contributed by atoms with Gasteiger partial charge >= 0.3 is 6.03 Å². The first-order valence-electron chi connectivity index (χ1n) is 7.01. The molecule has 0 aromatic rings. The second-order valence-electron chi connectivity index (χ2n) is 5.17. The second-order valence-corrected chi connectivity index (χ2v) is 5.17. The van der Waals surface area contributed by atoms with Crippen molar-refractivity contribution >= 4 is 11.9 Å². The van der Waals surface area contributed by atoms with Crippen LogP contribution in [-0.4, -0.2) is 68.1 Å². The molecule has 1 fully saturated rings. The minimum atomic E-state index is 0.0497. The van der Waals surface area contributed by atoms with Crippen LogP contribution in [0.15, 0.2) is 0 Å². The van der Waals surface area contributed by atoms with Crippen molar-refractivity contribution in [1.29, 1.82) is 0 Å². The van der Waals surface area contributed by atoms with Gasteiger partial charge in [0.2, 0.25) is 5.91 Å². The van der Waals surface area contributed by atoms with Crippen molar-refractivity contribution in [3.05, 3.63) is 0 Å². The summed E-state index contributed by atoms with van der Waals surface area (Å²) in [7, 11) is 3.54. The van der Waals surface area contributed by atoms with Crippen LogP contribution in [0, 0.1) is 0 Å². The highest BCUT2D eigenvalue weighted by Gasteiger charge is 2.23. The lowest BCUT2D eigenvalue weighted by atomic mass is 10.1. The van der Waals surface area contributed by atoms with Crippen molar-refractivity contribution in [2.75, 3.05) is 40.3 Å². The van der Waals surface area contributed by atoms with Gasteiger partial charge in [-0.15, -0.1) is 0 Å². The number of nitrogens with zero attached hydrogens (tertiary/aromatic N) is 2. The molecule has 0 atom stereocenters. The smallest absolute Gasteiger partial charge is 0.319 e. The molecule has 110 valence electrons. The van der Waals surface area contributed by atoms with E-state index >= 15 is 0 Å². The fraction of sp³-hybridized carbons (Fsp3) is 0.846. The van der Waals surface area contributed by atoms with Crippen LogP contribution >= 0.6 is 0 Å². The molecule has 0 spiro atoms. The number of carbonyl (C=O) groups is 2. The van der Waals surface area contributed by atoms with E-state index in [1.54, 1.807) is 19.0 Å². The van der Waals surface area contributed by atoms with Crippen LogP contribution in [0.5, 0.6) is 0 Å². The lowest BCUT2D eigenvalue weighted by Crippen LogP contribution is -2.49. The second kappa shape index (κ2) is 7.99. The number of piperidine rings is 1. The SMILES string of the molecule is CCCNC(=O)CNC1CCN(C(=O)N(C)C)CC1. The lowest BCUT2D eigenvalue weighted by Gasteiger charge is -2.33. The molecule has 6 nitrogen and oxygen atoms in total. The summed E-state index contributed by atoms with van der Waals surface area (Å²) in [6.45, 7) is 4.64. The molecular formula is C13H26N4O2. The van der Waals surface area contributed by atoms with Gasteiger partial charge < -0.3 is 20.4 Å². The molecule has 0 radical (unpaired) electrons. The summed E-state index contributed by atoms with van der Waals surface area (Å²) >= 11 is 0. The van der Waals surface area contributed by atoms with Crippen molar-refractivity contribution in [2.24, 2.45) is 0 Å². The van der Waals surface area contributed by atoms with Crippen LogP contribution in [-0.2, 0) is 4.79 Å². The third-order valence-electron chi connectivity index (χ3n) is 3.27. The maximum atomic E-state index is 11.8. The minimum absolute atomic E-state index is 0.0497. The van der Waals surface area contributed by atoms with Gasteiger partial charge in [-0.2, -0.15) is 0 Å². The highest BCUT2D eigenvalue weighted by atomic mass is 16.2. The Kier molecular flexibility index (Phi) is 6.62. The number of nitrogens with one attached hydrogen (secondary N) is 2. The predicted molar refractivity (Wildman–Crippen MR) is 75.0 cm³/mol. The van der Waals surface area contributed by atoms with Crippen molar-refractivity contribution in [1.82, 2.24) is 20.4 Å². The Hall–Kier alpha value is -1.30. The Balaban J connectivity index is 2.20. The minimum Gasteiger partial charge on any atom is -0.355 e. The Morgan fingerprint density at radius 3 is 2.42 bits per heavy atom. The first kappa shape index (κ1) is 15.8. The molecule has 0 saturated carbocycles. The van der Waals surface area contributed by atoms with Gasteiger partial charge in [-0.3, -0.25) is 4.79 Å². The van der Waals surface area contributed by atoms with Crippen molar-refractivity contribution in [3.63, 3.8) is 0 Å². The molecule has 0 aromatic heterocycles. The summed E-state index contributed by atoms with van der Waals surface area (Å²) in [4.78, 5) is 26.7. The number of urea groups is 1. The molecule has 0 aromatic carbocycles. The molecular weight excluding hydrogens is 244 g/mol. The maximum absolute atomic E-state index is 11.8. The van der Waals surface area contributed by atoms with Gasteiger partial charge in [0.1, 0.15) is 0 Å². The topological polar surface area (TPSA) is 64.7 Å². The zero-order valence-electron chi connectivity index (χ0n) is 12.2. The van der Waals surface area contributed by atoms with E-state index in [-0.39, 0.29) is 11.9 Å². The summed E-state index contributed by atoms with van der Waals surface area (Å²) < 4.78 is 0. The van der Waals surface area contributed by atoms with E-state index in [1.807, 2.05) is 11.8 Å². The molecule has 1 heterocycles. The van der Waals surface area contributed by atoms with Crippen LogP contribution in [0.3, 0.4) is 0 Å². The molecule has 0 unspecified atom stereocenters. The van der Waals surface area contributed by atoms with Gasteiger partial charge in [-0.1, -0.05) is 6.92 Å². The highest BCUT2D eigenvalue weighted by molar-refractivity contribution is 5.78.